The van der Waals surface area contributed by atoms with Crippen LogP contribution in [0.15, 0.2) is 24.3 Å². The molecule has 1 aromatic carbocycles. The first-order valence-electron chi connectivity index (χ1n) is 8.25. The Kier molecular flexibility index (Phi) is 9.63. The Labute approximate surface area is 151 Å². The molecule has 0 bridgehead atoms. The maximum atomic E-state index is 12.6. The number of nitrogens with zero attached hydrogens (tertiary/aromatic N) is 1. The van der Waals surface area contributed by atoms with Gasteiger partial charge in [0.15, 0.2) is 0 Å². The highest BCUT2D eigenvalue weighted by Crippen LogP contribution is 2.10. The van der Waals surface area contributed by atoms with E-state index in [1.807, 2.05) is 32.6 Å². The summed E-state index contributed by atoms with van der Waals surface area (Å²) in [6.07, 6.45) is 1.83. The molecule has 0 spiro atoms. The molecule has 2 amide bonds. The van der Waals surface area contributed by atoms with Gasteiger partial charge in [-0.2, -0.15) is 0 Å². The zero-order chi connectivity index (χ0) is 17.5. The molecule has 136 valence electrons. The van der Waals surface area contributed by atoms with Gasteiger partial charge in [0.05, 0.1) is 0 Å². The fourth-order valence-corrected chi connectivity index (χ4v) is 2.24. The number of nitrogens with one attached hydrogen (secondary N) is 1. The van der Waals surface area contributed by atoms with Gasteiger partial charge in [-0.05, 0) is 44.9 Å². The van der Waals surface area contributed by atoms with Crippen LogP contribution in [0.25, 0.3) is 0 Å². The molecular formula is C18H30ClN3O2. The van der Waals surface area contributed by atoms with Gasteiger partial charge in [-0.25, -0.2) is 0 Å². The van der Waals surface area contributed by atoms with Gasteiger partial charge in [0.1, 0.15) is 0 Å². The lowest BCUT2D eigenvalue weighted by Crippen LogP contribution is -2.45. The number of hydrogen-bond acceptors (Lipinski definition) is 3. The fraction of sp³-hybridized carbons (Fsp3) is 0.556. The van der Waals surface area contributed by atoms with E-state index in [2.05, 4.69) is 5.32 Å². The number of nitrogens with two attached hydrogens (primary N) is 1. The molecule has 0 atom stereocenters. The van der Waals surface area contributed by atoms with Crippen molar-refractivity contribution in [3.05, 3.63) is 35.4 Å². The summed E-state index contributed by atoms with van der Waals surface area (Å²) in [7, 11) is 0. The maximum Gasteiger partial charge on any atom is 0.253 e. The van der Waals surface area contributed by atoms with Crippen molar-refractivity contribution < 1.29 is 9.59 Å². The molecule has 0 aliphatic rings. The van der Waals surface area contributed by atoms with E-state index in [1.54, 1.807) is 24.3 Å². The van der Waals surface area contributed by atoms with E-state index in [4.69, 9.17) is 5.73 Å². The summed E-state index contributed by atoms with van der Waals surface area (Å²) in [5.41, 5.74) is 6.43. The van der Waals surface area contributed by atoms with E-state index in [9.17, 15) is 9.59 Å². The highest BCUT2D eigenvalue weighted by atomic mass is 35.5. The van der Waals surface area contributed by atoms with E-state index in [-0.39, 0.29) is 24.2 Å². The fourth-order valence-electron chi connectivity index (χ4n) is 2.24. The van der Waals surface area contributed by atoms with Gasteiger partial charge >= 0.3 is 0 Å². The van der Waals surface area contributed by atoms with Gasteiger partial charge in [-0.1, -0.05) is 19.9 Å². The second kappa shape index (κ2) is 10.3. The normalized spacial score (nSPS) is 10.7. The minimum atomic E-state index is -0.470. The van der Waals surface area contributed by atoms with Crippen LogP contribution < -0.4 is 11.1 Å². The van der Waals surface area contributed by atoms with Gasteiger partial charge in [0.25, 0.3) is 11.8 Å². The van der Waals surface area contributed by atoms with Crippen molar-refractivity contribution in [2.24, 2.45) is 5.73 Å². The number of rotatable bonds is 8. The van der Waals surface area contributed by atoms with Gasteiger partial charge in [0.2, 0.25) is 0 Å². The van der Waals surface area contributed by atoms with Gasteiger partial charge in [0, 0.05) is 36.3 Å². The summed E-state index contributed by atoms with van der Waals surface area (Å²) in [6, 6.07) is 6.86. The van der Waals surface area contributed by atoms with Crippen LogP contribution in [0.4, 0.5) is 0 Å². The SMILES string of the molecule is CCCN(CCC)C(=O)c1cccc(C(=O)NCC(C)(C)N)c1.Cl. The molecule has 0 aliphatic heterocycles. The van der Waals surface area contributed by atoms with Gasteiger partial charge in [-0.3, -0.25) is 9.59 Å². The van der Waals surface area contributed by atoms with Crippen molar-refractivity contribution in [1.29, 1.82) is 0 Å². The molecule has 1 rings (SSSR count). The topological polar surface area (TPSA) is 75.4 Å². The molecule has 3 N–H and O–H groups in total. The predicted molar refractivity (Wildman–Crippen MR) is 101 cm³/mol. The number of carbonyl (C=O) groups excluding carboxylic acids is 2. The maximum absolute atomic E-state index is 12.6. The number of halogens is 1. The summed E-state index contributed by atoms with van der Waals surface area (Å²) in [4.78, 5) is 26.6. The van der Waals surface area contributed by atoms with Crippen molar-refractivity contribution in [3.63, 3.8) is 0 Å². The summed E-state index contributed by atoms with van der Waals surface area (Å²) in [6.45, 7) is 9.63. The molecule has 0 aliphatic carbocycles. The van der Waals surface area contributed by atoms with Crippen molar-refractivity contribution in [1.82, 2.24) is 10.2 Å². The molecule has 0 saturated carbocycles. The highest BCUT2D eigenvalue weighted by molar-refractivity contribution is 5.99. The third-order valence-corrected chi connectivity index (χ3v) is 3.35. The van der Waals surface area contributed by atoms with Gasteiger partial charge in [-0.15, -0.1) is 12.4 Å². The average Bonchev–Trinajstić information content (AvgIpc) is 2.51. The Balaban J connectivity index is 0.00000529. The summed E-state index contributed by atoms with van der Waals surface area (Å²) < 4.78 is 0. The number of hydrogen-bond donors (Lipinski definition) is 2. The molecule has 0 radical (unpaired) electrons. The van der Waals surface area contributed by atoms with Crippen LogP contribution in [0.3, 0.4) is 0 Å². The Morgan fingerprint density at radius 1 is 1.12 bits per heavy atom. The van der Waals surface area contributed by atoms with Crippen LogP contribution in [0.1, 0.15) is 61.3 Å². The highest BCUT2D eigenvalue weighted by Gasteiger charge is 2.17. The Bertz CT molecular complexity index is 535. The number of benzene rings is 1. The first-order chi connectivity index (χ1) is 10.8. The van der Waals surface area contributed by atoms with Crippen molar-refractivity contribution in [2.75, 3.05) is 19.6 Å². The second-order valence-electron chi connectivity index (χ2n) is 6.54. The molecule has 0 aromatic heterocycles. The number of amides is 2. The standard InChI is InChI=1S/C18H29N3O2.ClH/c1-5-10-21(11-6-2)17(23)15-9-7-8-14(12-15)16(22)20-13-18(3,4)19;/h7-9,12H,5-6,10-11,13,19H2,1-4H3,(H,20,22);1H. The zero-order valence-electron chi connectivity index (χ0n) is 15.1. The minimum absolute atomic E-state index is 0. The lowest BCUT2D eigenvalue weighted by molar-refractivity contribution is 0.0755. The first-order valence-corrected chi connectivity index (χ1v) is 8.25. The molecule has 0 unspecified atom stereocenters. The van der Waals surface area contributed by atoms with Crippen LogP contribution >= 0.6 is 12.4 Å². The van der Waals surface area contributed by atoms with Crippen LogP contribution in [0.2, 0.25) is 0 Å². The van der Waals surface area contributed by atoms with E-state index < -0.39 is 5.54 Å². The van der Waals surface area contributed by atoms with Crippen molar-refractivity contribution >= 4 is 24.2 Å². The quantitative estimate of drug-likeness (QED) is 0.752. The minimum Gasteiger partial charge on any atom is -0.350 e. The summed E-state index contributed by atoms with van der Waals surface area (Å²) >= 11 is 0. The van der Waals surface area contributed by atoms with E-state index in [0.717, 1.165) is 25.9 Å². The van der Waals surface area contributed by atoms with E-state index in [0.29, 0.717) is 17.7 Å². The van der Waals surface area contributed by atoms with Crippen LogP contribution in [0, 0.1) is 0 Å². The van der Waals surface area contributed by atoms with Crippen LogP contribution in [0.5, 0.6) is 0 Å². The third kappa shape index (κ3) is 7.32. The molecule has 24 heavy (non-hydrogen) atoms. The molecular weight excluding hydrogens is 326 g/mol. The summed E-state index contributed by atoms with van der Waals surface area (Å²) in [5.74, 6) is -0.238. The van der Waals surface area contributed by atoms with Crippen molar-refractivity contribution in [3.8, 4) is 0 Å². The predicted octanol–water partition coefficient (Wildman–Crippen LogP) is 2.84. The first kappa shape index (κ1) is 22.4. The Hall–Kier alpha value is -1.59. The molecule has 0 fully saturated rings. The van der Waals surface area contributed by atoms with Crippen molar-refractivity contribution in [2.45, 2.75) is 46.1 Å². The monoisotopic (exact) mass is 355 g/mol. The average molecular weight is 356 g/mol. The largest absolute Gasteiger partial charge is 0.350 e. The molecule has 0 heterocycles. The molecule has 5 nitrogen and oxygen atoms in total. The van der Waals surface area contributed by atoms with E-state index >= 15 is 0 Å². The van der Waals surface area contributed by atoms with Crippen LogP contribution in [-0.2, 0) is 0 Å². The van der Waals surface area contributed by atoms with Crippen LogP contribution in [-0.4, -0.2) is 41.9 Å². The summed E-state index contributed by atoms with van der Waals surface area (Å²) in [5, 5.41) is 2.80. The molecule has 6 heteroatoms. The third-order valence-electron chi connectivity index (χ3n) is 3.35. The zero-order valence-corrected chi connectivity index (χ0v) is 15.9. The number of carbonyl (C=O) groups is 2. The molecule has 0 saturated heterocycles. The van der Waals surface area contributed by atoms with E-state index in [1.165, 1.54) is 0 Å². The molecule has 1 aromatic rings. The Morgan fingerprint density at radius 3 is 2.17 bits per heavy atom. The lowest BCUT2D eigenvalue weighted by atomic mass is 10.1. The lowest BCUT2D eigenvalue weighted by Gasteiger charge is -2.22. The van der Waals surface area contributed by atoms with Gasteiger partial charge < -0.3 is 16.0 Å². The smallest absolute Gasteiger partial charge is 0.253 e. The Morgan fingerprint density at radius 2 is 1.67 bits per heavy atom. The second-order valence-corrected chi connectivity index (χ2v) is 6.54.